The molecule has 1 N–H and O–H groups in total. The Balaban J connectivity index is 0.000000167. The molecule has 1 aromatic heterocycles. The molecule has 35 heavy (non-hydrogen) atoms. The lowest BCUT2D eigenvalue weighted by Gasteiger charge is -2.20. The Bertz CT molecular complexity index is 1440. The van der Waals surface area contributed by atoms with Gasteiger partial charge in [-0.25, -0.2) is 4.79 Å². The second-order valence-corrected chi connectivity index (χ2v) is 8.16. The second kappa shape index (κ2) is 9.41. The molecule has 2 saturated carbocycles. The average molecular weight is 482 g/mol. The number of carbonyl (C=O) groups excluding carboxylic acids is 2. The van der Waals surface area contributed by atoms with E-state index in [-0.39, 0.29) is 23.5 Å². The van der Waals surface area contributed by atoms with Crippen LogP contribution in [0, 0.1) is 10.1 Å². The monoisotopic (exact) mass is 482 g/mol. The first kappa shape index (κ1) is 23.7. The van der Waals surface area contributed by atoms with Crippen molar-refractivity contribution in [2.75, 3.05) is 12.0 Å². The predicted octanol–water partition coefficient (Wildman–Crippen LogP) is 2.00. The maximum atomic E-state index is 12.0. The second-order valence-electron chi connectivity index (χ2n) is 8.16. The van der Waals surface area contributed by atoms with Gasteiger partial charge in [0.1, 0.15) is 11.2 Å². The molecule has 0 unspecified atom stereocenters. The number of rotatable bonds is 4. The zero-order valence-corrected chi connectivity index (χ0v) is 18.7. The summed E-state index contributed by atoms with van der Waals surface area (Å²) in [4.78, 5) is 58.2. The van der Waals surface area contributed by atoms with Crippen molar-refractivity contribution in [3.63, 3.8) is 0 Å². The molecule has 1 amide bonds. The lowest BCUT2D eigenvalue weighted by Crippen LogP contribution is -2.40. The van der Waals surface area contributed by atoms with Gasteiger partial charge in [-0.05, 0) is 43.9 Å². The van der Waals surface area contributed by atoms with Crippen LogP contribution in [-0.2, 0) is 14.3 Å². The van der Waals surface area contributed by atoms with Gasteiger partial charge in [-0.1, -0.05) is 24.3 Å². The van der Waals surface area contributed by atoms with Gasteiger partial charge in [0, 0.05) is 18.2 Å². The van der Waals surface area contributed by atoms with Gasteiger partial charge >= 0.3 is 23.0 Å². The van der Waals surface area contributed by atoms with Crippen molar-refractivity contribution in [3.05, 3.63) is 79.4 Å². The highest BCUT2D eigenvalue weighted by Gasteiger charge is 2.40. The number of hydrogen-bond acceptors (Lipinski definition) is 8. The van der Waals surface area contributed by atoms with Crippen LogP contribution < -0.4 is 16.0 Å². The first-order chi connectivity index (χ1) is 16.8. The fourth-order valence-corrected chi connectivity index (χ4v) is 3.77. The third-order valence-corrected chi connectivity index (χ3v) is 5.70. The highest BCUT2D eigenvalue weighted by Crippen LogP contribution is 2.37. The van der Waals surface area contributed by atoms with E-state index in [1.807, 2.05) is 0 Å². The summed E-state index contributed by atoms with van der Waals surface area (Å²) in [7, 11) is 1.10. The molecule has 0 bridgehead atoms. The first-order valence-corrected chi connectivity index (χ1v) is 10.9. The van der Waals surface area contributed by atoms with Crippen molar-refractivity contribution in [3.8, 4) is 0 Å². The van der Waals surface area contributed by atoms with E-state index in [0.29, 0.717) is 15.8 Å². The van der Waals surface area contributed by atoms with Crippen LogP contribution >= 0.6 is 0 Å². The van der Waals surface area contributed by atoms with Crippen LogP contribution in [0.15, 0.2) is 58.1 Å². The molecule has 0 atom stereocenters. The number of fused-ring (bicyclic) bond motifs is 1. The van der Waals surface area contributed by atoms with Crippen LogP contribution in [0.25, 0.3) is 11.0 Å². The molecule has 0 spiro atoms. The Morgan fingerprint density at radius 1 is 1.00 bits per heavy atom. The van der Waals surface area contributed by atoms with Crippen molar-refractivity contribution in [1.29, 1.82) is 0 Å². The molecule has 2 aromatic carbocycles. The van der Waals surface area contributed by atoms with Crippen molar-refractivity contribution >= 4 is 34.3 Å². The summed E-state index contributed by atoms with van der Waals surface area (Å²) in [5.41, 5.74) is -0.623. The molecule has 2 aliphatic rings. The molecule has 2 aliphatic carbocycles. The van der Waals surface area contributed by atoms with Gasteiger partial charge in [0.2, 0.25) is 0 Å². The molecule has 182 valence electrons. The Morgan fingerprint density at radius 2 is 1.60 bits per heavy atom. The molecule has 5 rings (SSSR count). The van der Waals surface area contributed by atoms with E-state index in [1.165, 1.54) is 22.8 Å². The number of aromatic nitrogens is 2. The summed E-state index contributed by atoms with van der Waals surface area (Å²) in [5.74, 6) is -1.90. The molecule has 1 heterocycles. The van der Waals surface area contributed by atoms with Crippen LogP contribution in [-0.4, -0.2) is 44.5 Å². The molecule has 0 aliphatic heterocycles. The fraction of sp³-hybridized carbons (Fsp3) is 0.304. The zero-order chi connectivity index (χ0) is 25.3. The molecule has 0 radical (unpaired) electrons. The molecular weight excluding hydrogens is 460 g/mol. The Morgan fingerprint density at radius 3 is 2.17 bits per heavy atom. The number of amides is 1. The van der Waals surface area contributed by atoms with Gasteiger partial charge in [0.05, 0.1) is 17.5 Å². The van der Waals surface area contributed by atoms with Gasteiger partial charge in [-0.3, -0.25) is 34.0 Å². The fourth-order valence-electron chi connectivity index (χ4n) is 3.77. The molecular formula is C23H22N4O8. The standard InChI is InChI=1S/C12H12N2O5.C11H10N2O3/c1-19-12(16)11(15)13(8-6-7-8)9-4-2-3-5-10(9)14(17)18;14-10-11(15)13(16)9-4-2-1-3-8(9)12(10)7-5-6-7/h2-5,8H,6-7H2,1H3;1-4,7,16H,5-6H2. The summed E-state index contributed by atoms with van der Waals surface area (Å²) in [6, 6.07) is 12.7. The van der Waals surface area contributed by atoms with Crippen molar-refractivity contribution < 1.29 is 24.5 Å². The van der Waals surface area contributed by atoms with Crippen LogP contribution in [0.5, 0.6) is 0 Å². The van der Waals surface area contributed by atoms with E-state index in [1.54, 1.807) is 30.3 Å². The number of carbonyl (C=O) groups is 2. The average Bonchev–Trinajstić information content (AvgIpc) is 3.78. The number of ether oxygens (including phenoxy) is 1. The molecule has 12 nitrogen and oxygen atoms in total. The minimum Gasteiger partial charge on any atom is -0.462 e. The molecule has 12 heteroatoms. The summed E-state index contributed by atoms with van der Waals surface area (Å²) in [6.45, 7) is 0. The number of nitro groups is 1. The van der Waals surface area contributed by atoms with Crippen LogP contribution in [0.1, 0.15) is 31.7 Å². The minimum atomic E-state index is -1.02. The van der Waals surface area contributed by atoms with Crippen LogP contribution in [0.3, 0.4) is 0 Å². The van der Waals surface area contributed by atoms with Crippen LogP contribution in [0.2, 0.25) is 0 Å². The maximum absolute atomic E-state index is 12.0. The number of esters is 1. The van der Waals surface area contributed by atoms with Gasteiger partial charge < -0.3 is 9.94 Å². The summed E-state index contributed by atoms with van der Waals surface area (Å²) in [6.07, 6.45) is 3.27. The number of para-hydroxylation sites is 4. The van der Waals surface area contributed by atoms with Crippen molar-refractivity contribution in [1.82, 2.24) is 9.30 Å². The SMILES string of the molecule is COC(=O)C(=O)N(c1ccccc1[N+](=O)[O-])C1CC1.O=c1c(=O)n(C2CC2)c2ccccc2n1O. The quantitative estimate of drug-likeness (QED) is 0.195. The number of anilines is 1. The lowest BCUT2D eigenvalue weighted by atomic mass is 10.2. The van der Waals surface area contributed by atoms with E-state index >= 15 is 0 Å². The number of nitro benzene ring substituents is 1. The Hall–Kier alpha value is -4.48. The minimum absolute atomic E-state index is 0.117. The Labute approximate surface area is 197 Å². The van der Waals surface area contributed by atoms with E-state index in [9.17, 15) is 34.5 Å². The normalized spacial score (nSPS) is 14.5. The van der Waals surface area contributed by atoms with Gasteiger partial charge in [0.15, 0.2) is 0 Å². The lowest BCUT2D eigenvalue weighted by molar-refractivity contribution is -0.384. The van der Waals surface area contributed by atoms with Gasteiger partial charge in [0.25, 0.3) is 5.69 Å². The first-order valence-electron chi connectivity index (χ1n) is 10.9. The zero-order valence-electron chi connectivity index (χ0n) is 18.7. The van der Waals surface area contributed by atoms with E-state index in [2.05, 4.69) is 4.74 Å². The van der Waals surface area contributed by atoms with E-state index in [4.69, 9.17) is 0 Å². The van der Waals surface area contributed by atoms with Gasteiger partial charge in [-0.15, -0.1) is 4.73 Å². The molecule has 2 fully saturated rings. The third kappa shape index (κ3) is 4.63. The number of nitrogens with zero attached hydrogens (tertiary/aromatic N) is 4. The predicted molar refractivity (Wildman–Crippen MR) is 124 cm³/mol. The summed E-state index contributed by atoms with van der Waals surface area (Å²) < 4.78 is 6.31. The summed E-state index contributed by atoms with van der Waals surface area (Å²) >= 11 is 0. The Kier molecular flexibility index (Phi) is 6.36. The largest absolute Gasteiger partial charge is 0.462 e. The molecule has 3 aromatic rings. The number of benzene rings is 2. The van der Waals surface area contributed by atoms with Crippen molar-refractivity contribution in [2.45, 2.75) is 37.8 Å². The van der Waals surface area contributed by atoms with E-state index in [0.717, 1.165) is 37.7 Å². The topological polar surface area (TPSA) is 154 Å². The highest BCUT2D eigenvalue weighted by molar-refractivity contribution is 6.38. The third-order valence-electron chi connectivity index (χ3n) is 5.70. The number of hydrogen-bond donors (Lipinski definition) is 1. The van der Waals surface area contributed by atoms with Crippen LogP contribution in [0.4, 0.5) is 11.4 Å². The maximum Gasteiger partial charge on any atom is 0.397 e. The highest BCUT2D eigenvalue weighted by atomic mass is 16.6. The smallest absolute Gasteiger partial charge is 0.397 e. The van der Waals surface area contributed by atoms with Crippen molar-refractivity contribution in [2.24, 2.45) is 0 Å². The van der Waals surface area contributed by atoms with Gasteiger partial charge in [-0.2, -0.15) is 0 Å². The summed E-state index contributed by atoms with van der Waals surface area (Å²) in [5, 5.41) is 20.5. The number of methoxy groups -OCH3 is 1. The van der Waals surface area contributed by atoms with E-state index < -0.39 is 27.9 Å². The molecule has 0 saturated heterocycles.